The highest BCUT2D eigenvalue weighted by molar-refractivity contribution is 9.10. The Morgan fingerprint density at radius 3 is 2.72 bits per heavy atom. The minimum absolute atomic E-state index is 0.0936. The molecule has 0 spiro atoms. The van der Waals surface area contributed by atoms with Crippen molar-refractivity contribution in [1.29, 1.82) is 0 Å². The maximum absolute atomic E-state index is 12.2. The minimum atomic E-state index is -0.562. The maximum Gasteiger partial charge on any atom is 0.231 e. The van der Waals surface area contributed by atoms with Gasteiger partial charge in [-0.05, 0) is 31.5 Å². The van der Waals surface area contributed by atoms with Crippen molar-refractivity contribution in [3.63, 3.8) is 0 Å². The third-order valence-corrected chi connectivity index (χ3v) is 3.68. The largest absolute Gasteiger partial charge is 0.495 e. The molecule has 100 valence electrons. The SMILES string of the molecule is CCC(C)(CN)C(=O)Nc1cc(Br)ccc1OC. The maximum atomic E-state index is 12.2. The number of carbonyl (C=O) groups excluding carboxylic acids is 1. The number of halogens is 1. The molecule has 1 aromatic carbocycles. The van der Waals surface area contributed by atoms with Gasteiger partial charge in [0.15, 0.2) is 0 Å². The molecule has 0 saturated heterocycles. The first-order chi connectivity index (χ1) is 8.46. The van der Waals surface area contributed by atoms with Crippen molar-refractivity contribution in [2.24, 2.45) is 11.1 Å². The number of methoxy groups -OCH3 is 1. The monoisotopic (exact) mass is 314 g/mol. The zero-order valence-electron chi connectivity index (χ0n) is 10.9. The van der Waals surface area contributed by atoms with E-state index in [4.69, 9.17) is 10.5 Å². The highest BCUT2D eigenvalue weighted by Gasteiger charge is 2.30. The standard InChI is InChI=1S/C13H19BrN2O2/c1-4-13(2,8-15)12(17)16-10-7-9(14)5-6-11(10)18-3/h5-7H,4,8,15H2,1-3H3,(H,16,17). The van der Waals surface area contributed by atoms with Crippen LogP contribution in [0.3, 0.4) is 0 Å². The highest BCUT2D eigenvalue weighted by atomic mass is 79.9. The first-order valence-corrected chi connectivity index (χ1v) is 6.61. The molecule has 3 N–H and O–H groups in total. The number of anilines is 1. The van der Waals surface area contributed by atoms with Crippen LogP contribution in [0.2, 0.25) is 0 Å². The number of carbonyl (C=O) groups is 1. The summed E-state index contributed by atoms with van der Waals surface area (Å²) in [7, 11) is 1.57. The number of nitrogens with two attached hydrogens (primary N) is 1. The van der Waals surface area contributed by atoms with Crippen LogP contribution in [0, 0.1) is 5.41 Å². The Kier molecular flexibility index (Phi) is 5.16. The molecule has 5 heteroatoms. The third kappa shape index (κ3) is 3.23. The van der Waals surface area contributed by atoms with Gasteiger partial charge in [-0.2, -0.15) is 0 Å². The molecule has 1 atom stereocenters. The topological polar surface area (TPSA) is 64.4 Å². The second-order valence-corrected chi connectivity index (χ2v) is 5.33. The Labute approximate surface area is 116 Å². The van der Waals surface area contributed by atoms with E-state index in [0.29, 0.717) is 24.4 Å². The van der Waals surface area contributed by atoms with Crippen LogP contribution in [0.1, 0.15) is 20.3 Å². The van der Waals surface area contributed by atoms with E-state index in [-0.39, 0.29) is 5.91 Å². The van der Waals surface area contributed by atoms with Crippen molar-refractivity contribution in [1.82, 2.24) is 0 Å². The van der Waals surface area contributed by atoms with Crippen molar-refractivity contribution >= 4 is 27.5 Å². The molecule has 0 radical (unpaired) electrons. The van der Waals surface area contributed by atoms with Crippen LogP contribution in [-0.4, -0.2) is 19.6 Å². The van der Waals surface area contributed by atoms with Gasteiger partial charge in [0.05, 0.1) is 18.2 Å². The van der Waals surface area contributed by atoms with E-state index in [1.807, 2.05) is 26.0 Å². The van der Waals surface area contributed by atoms with Gasteiger partial charge in [0.1, 0.15) is 5.75 Å². The van der Waals surface area contributed by atoms with Gasteiger partial charge in [-0.25, -0.2) is 0 Å². The molecule has 0 fully saturated rings. The van der Waals surface area contributed by atoms with E-state index in [0.717, 1.165) is 4.47 Å². The van der Waals surface area contributed by atoms with Gasteiger partial charge in [0.25, 0.3) is 0 Å². The van der Waals surface area contributed by atoms with E-state index in [2.05, 4.69) is 21.2 Å². The number of hydrogen-bond donors (Lipinski definition) is 2. The second-order valence-electron chi connectivity index (χ2n) is 4.42. The van der Waals surface area contributed by atoms with Crippen molar-refractivity contribution in [2.75, 3.05) is 19.0 Å². The third-order valence-electron chi connectivity index (χ3n) is 3.19. The van der Waals surface area contributed by atoms with Gasteiger partial charge in [0, 0.05) is 11.0 Å². The summed E-state index contributed by atoms with van der Waals surface area (Å²) < 4.78 is 6.09. The average Bonchev–Trinajstić information content (AvgIpc) is 2.38. The second kappa shape index (κ2) is 6.20. The number of hydrogen-bond acceptors (Lipinski definition) is 3. The Morgan fingerprint density at radius 2 is 2.22 bits per heavy atom. The Bertz CT molecular complexity index is 431. The smallest absolute Gasteiger partial charge is 0.231 e. The van der Waals surface area contributed by atoms with E-state index in [9.17, 15) is 4.79 Å². The summed E-state index contributed by atoms with van der Waals surface area (Å²) in [4.78, 5) is 12.2. The molecule has 0 aliphatic carbocycles. The molecule has 0 saturated carbocycles. The van der Waals surface area contributed by atoms with E-state index < -0.39 is 5.41 Å². The summed E-state index contributed by atoms with van der Waals surface area (Å²) in [5, 5.41) is 2.87. The lowest BCUT2D eigenvalue weighted by Crippen LogP contribution is -2.39. The van der Waals surface area contributed by atoms with Crippen LogP contribution < -0.4 is 15.8 Å². The molecule has 18 heavy (non-hydrogen) atoms. The number of amides is 1. The molecule has 0 heterocycles. The van der Waals surface area contributed by atoms with Crippen molar-refractivity contribution in [3.05, 3.63) is 22.7 Å². The fraction of sp³-hybridized carbons (Fsp3) is 0.462. The van der Waals surface area contributed by atoms with Crippen molar-refractivity contribution in [2.45, 2.75) is 20.3 Å². The Balaban J connectivity index is 2.97. The van der Waals surface area contributed by atoms with Crippen LogP contribution in [0.5, 0.6) is 5.75 Å². The molecule has 4 nitrogen and oxygen atoms in total. The quantitative estimate of drug-likeness (QED) is 0.878. The lowest BCUT2D eigenvalue weighted by Gasteiger charge is -2.25. The minimum Gasteiger partial charge on any atom is -0.495 e. The van der Waals surface area contributed by atoms with Crippen LogP contribution in [0.25, 0.3) is 0 Å². The molecule has 0 aliphatic rings. The predicted molar refractivity (Wildman–Crippen MR) is 76.8 cm³/mol. The molecule has 1 amide bonds. The predicted octanol–water partition coefficient (Wildman–Crippen LogP) is 2.77. The fourth-order valence-electron chi connectivity index (χ4n) is 1.45. The first kappa shape index (κ1) is 15.0. The van der Waals surface area contributed by atoms with Crippen LogP contribution in [-0.2, 0) is 4.79 Å². The van der Waals surface area contributed by atoms with Gasteiger partial charge >= 0.3 is 0 Å². The first-order valence-electron chi connectivity index (χ1n) is 5.82. The zero-order chi connectivity index (χ0) is 13.8. The number of nitrogens with one attached hydrogen (secondary N) is 1. The van der Waals surface area contributed by atoms with Crippen molar-refractivity contribution in [3.8, 4) is 5.75 Å². The zero-order valence-corrected chi connectivity index (χ0v) is 12.5. The van der Waals surface area contributed by atoms with E-state index in [1.54, 1.807) is 13.2 Å². The molecular formula is C13H19BrN2O2. The Hall–Kier alpha value is -1.07. The lowest BCUT2D eigenvalue weighted by atomic mass is 9.86. The molecule has 0 aromatic heterocycles. The fourth-order valence-corrected chi connectivity index (χ4v) is 1.81. The molecule has 0 bridgehead atoms. The number of rotatable bonds is 5. The summed E-state index contributed by atoms with van der Waals surface area (Å²) in [6.07, 6.45) is 0.686. The molecule has 1 aromatic rings. The van der Waals surface area contributed by atoms with Gasteiger partial charge in [0.2, 0.25) is 5.91 Å². The Morgan fingerprint density at radius 1 is 1.56 bits per heavy atom. The molecule has 1 unspecified atom stereocenters. The van der Waals surface area contributed by atoms with E-state index >= 15 is 0 Å². The molecular weight excluding hydrogens is 296 g/mol. The summed E-state index contributed by atoms with van der Waals surface area (Å²) in [6.45, 7) is 4.11. The normalized spacial score (nSPS) is 13.8. The summed E-state index contributed by atoms with van der Waals surface area (Å²) in [5.74, 6) is 0.533. The lowest BCUT2D eigenvalue weighted by molar-refractivity contribution is -0.124. The van der Waals surface area contributed by atoms with Gasteiger partial charge in [-0.15, -0.1) is 0 Å². The van der Waals surface area contributed by atoms with Crippen molar-refractivity contribution < 1.29 is 9.53 Å². The van der Waals surface area contributed by atoms with Gasteiger partial charge in [-0.1, -0.05) is 22.9 Å². The summed E-state index contributed by atoms with van der Waals surface area (Å²) >= 11 is 3.37. The number of benzene rings is 1. The summed E-state index contributed by atoms with van der Waals surface area (Å²) in [5.41, 5.74) is 5.75. The summed E-state index contributed by atoms with van der Waals surface area (Å²) in [6, 6.07) is 5.46. The van der Waals surface area contributed by atoms with E-state index in [1.165, 1.54) is 0 Å². The number of ether oxygens (including phenoxy) is 1. The van der Waals surface area contributed by atoms with Crippen LogP contribution >= 0.6 is 15.9 Å². The van der Waals surface area contributed by atoms with Gasteiger partial charge in [-0.3, -0.25) is 4.79 Å². The molecule has 0 aliphatic heterocycles. The molecule has 1 rings (SSSR count). The highest BCUT2D eigenvalue weighted by Crippen LogP contribution is 2.30. The van der Waals surface area contributed by atoms with Gasteiger partial charge < -0.3 is 15.8 Å². The average molecular weight is 315 g/mol. The van der Waals surface area contributed by atoms with Crippen LogP contribution in [0.15, 0.2) is 22.7 Å². The van der Waals surface area contributed by atoms with Crippen LogP contribution in [0.4, 0.5) is 5.69 Å².